The van der Waals surface area contributed by atoms with Crippen molar-refractivity contribution in [3.05, 3.63) is 46.1 Å². The number of halogens is 1. The van der Waals surface area contributed by atoms with Crippen LogP contribution in [0.4, 0.5) is 0 Å². The van der Waals surface area contributed by atoms with Crippen LogP contribution in [-0.4, -0.2) is 22.2 Å². The summed E-state index contributed by atoms with van der Waals surface area (Å²) in [4.78, 5) is 0. The fourth-order valence-corrected chi connectivity index (χ4v) is 4.30. The van der Waals surface area contributed by atoms with Crippen LogP contribution in [0.15, 0.2) is 46.1 Å². The monoisotopic (exact) mass is 315 g/mol. The van der Waals surface area contributed by atoms with Gasteiger partial charge < -0.3 is 0 Å². The SMILES string of the molecule is NC1CCN([I-]C2=C/C=C\C=C/C=C\2)C1. The van der Waals surface area contributed by atoms with Gasteiger partial charge in [-0.1, -0.05) is 0 Å². The summed E-state index contributed by atoms with van der Waals surface area (Å²) in [6.07, 6.45) is 16.0. The third-order valence-electron chi connectivity index (χ3n) is 2.35. The predicted octanol–water partition coefficient (Wildman–Crippen LogP) is -1.41. The van der Waals surface area contributed by atoms with Crippen molar-refractivity contribution in [1.82, 2.24) is 3.11 Å². The third kappa shape index (κ3) is 3.59. The molecule has 0 aromatic carbocycles. The van der Waals surface area contributed by atoms with Crippen LogP contribution in [0.1, 0.15) is 6.42 Å². The van der Waals surface area contributed by atoms with E-state index in [2.05, 4.69) is 39.6 Å². The molecule has 0 aromatic heterocycles. The Morgan fingerprint density at radius 1 is 1.20 bits per heavy atom. The summed E-state index contributed by atoms with van der Waals surface area (Å²) in [5.41, 5.74) is 5.90. The van der Waals surface area contributed by atoms with Crippen LogP contribution >= 0.6 is 0 Å². The van der Waals surface area contributed by atoms with Crippen molar-refractivity contribution in [3.8, 4) is 0 Å². The Kier molecular flexibility index (Phi) is 4.17. The van der Waals surface area contributed by atoms with E-state index in [1.54, 1.807) is 0 Å². The first-order valence-electron chi connectivity index (χ1n) is 5.22. The molecule has 0 spiro atoms. The van der Waals surface area contributed by atoms with Crippen LogP contribution in [0.3, 0.4) is 0 Å². The summed E-state index contributed by atoms with van der Waals surface area (Å²) in [6.45, 7) is 2.26. The minimum absolute atomic E-state index is 0.0143. The van der Waals surface area contributed by atoms with E-state index in [1.807, 2.05) is 6.08 Å². The van der Waals surface area contributed by atoms with Crippen LogP contribution in [0.5, 0.6) is 0 Å². The van der Waals surface area contributed by atoms with Gasteiger partial charge in [0.25, 0.3) is 0 Å². The topological polar surface area (TPSA) is 29.3 Å². The van der Waals surface area contributed by atoms with E-state index in [0.717, 1.165) is 13.0 Å². The van der Waals surface area contributed by atoms with E-state index in [9.17, 15) is 0 Å². The summed E-state index contributed by atoms with van der Waals surface area (Å²) in [5.74, 6) is 0. The number of hydrogen-bond donors (Lipinski definition) is 1. The molecule has 2 nitrogen and oxygen atoms in total. The summed E-state index contributed by atoms with van der Waals surface area (Å²) in [6, 6.07) is 0.401. The molecule has 0 radical (unpaired) electrons. The molecule has 1 saturated heterocycles. The van der Waals surface area contributed by atoms with Crippen LogP contribution in [0.2, 0.25) is 0 Å². The molecule has 0 aromatic rings. The van der Waals surface area contributed by atoms with E-state index in [1.165, 1.54) is 10.1 Å². The van der Waals surface area contributed by atoms with Crippen LogP contribution < -0.4 is 27.2 Å². The average molecular weight is 315 g/mol. The number of nitrogens with two attached hydrogens (primary N) is 1. The zero-order chi connectivity index (χ0) is 10.5. The van der Waals surface area contributed by atoms with Crippen molar-refractivity contribution >= 4 is 0 Å². The number of hydrogen-bond acceptors (Lipinski definition) is 2. The van der Waals surface area contributed by atoms with Crippen molar-refractivity contribution in [1.29, 1.82) is 0 Å². The molecule has 1 unspecified atom stereocenters. The first kappa shape index (κ1) is 11.1. The molecule has 0 bridgehead atoms. The van der Waals surface area contributed by atoms with Gasteiger partial charge in [-0.05, 0) is 0 Å². The van der Waals surface area contributed by atoms with Gasteiger partial charge >= 0.3 is 102 Å². The molecule has 2 rings (SSSR count). The van der Waals surface area contributed by atoms with Crippen LogP contribution in [0, 0.1) is 0 Å². The van der Waals surface area contributed by atoms with E-state index < -0.39 is 0 Å². The van der Waals surface area contributed by atoms with E-state index in [-0.39, 0.29) is 21.5 Å². The summed E-state index contributed by atoms with van der Waals surface area (Å²) < 4.78 is 3.99. The predicted molar refractivity (Wildman–Crippen MR) is 59.7 cm³/mol. The van der Waals surface area contributed by atoms with Crippen molar-refractivity contribution in [2.24, 2.45) is 5.73 Å². The van der Waals surface area contributed by atoms with E-state index in [0.29, 0.717) is 6.04 Å². The second kappa shape index (κ2) is 5.63. The van der Waals surface area contributed by atoms with Crippen molar-refractivity contribution in [3.63, 3.8) is 0 Å². The molecule has 1 atom stereocenters. The Hall–Kier alpha value is -0.390. The van der Waals surface area contributed by atoms with Crippen LogP contribution in [-0.2, 0) is 0 Å². The maximum absolute atomic E-state index is 5.90. The summed E-state index contributed by atoms with van der Waals surface area (Å²) in [5, 5.41) is 0. The summed E-state index contributed by atoms with van der Waals surface area (Å²) >= 11 is -0.0143. The van der Waals surface area contributed by atoms with Crippen LogP contribution in [0.25, 0.3) is 0 Å². The van der Waals surface area contributed by atoms with Crippen molar-refractivity contribution < 1.29 is 21.5 Å². The Labute approximate surface area is 102 Å². The Balaban J connectivity index is 1.93. The van der Waals surface area contributed by atoms with Gasteiger partial charge in [-0.2, -0.15) is 0 Å². The Morgan fingerprint density at radius 2 is 2.00 bits per heavy atom. The fourth-order valence-electron chi connectivity index (χ4n) is 1.56. The number of nitrogens with zero attached hydrogens (tertiary/aromatic N) is 1. The van der Waals surface area contributed by atoms with E-state index >= 15 is 0 Å². The van der Waals surface area contributed by atoms with Gasteiger partial charge in [0.05, 0.1) is 0 Å². The van der Waals surface area contributed by atoms with Gasteiger partial charge in [0.1, 0.15) is 0 Å². The summed E-state index contributed by atoms with van der Waals surface area (Å²) in [7, 11) is 0. The molecule has 1 aliphatic carbocycles. The molecule has 1 aliphatic heterocycles. The molecule has 0 amide bonds. The van der Waals surface area contributed by atoms with Gasteiger partial charge in [-0.3, -0.25) is 0 Å². The van der Waals surface area contributed by atoms with Gasteiger partial charge in [0, 0.05) is 0 Å². The molecule has 1 fully saturated rings. The second-order valence-corrected chi connectivity index (χ2v) is 6.78. The zero-order valence-electron chi connectivity index (χ0n) is 8.64. The Morgan fingerprint density at radius 3 is 2.80 bits per heavy atom. The second-order valence-electron chi connectivity index (χ2n) is 3.68. The molecule has 2 aliphatic rings. The average Bonchev–Trinajstić information content (AvgIpc) is 2.56. The molecule has 15 heavy (non-hydrogen) atoms. The molecule has 3 heteroatoms. The molecule has 2 N–H and O–H groups in total. The Bertz CT molecular complexity index is 329. The molecule has 82 valence electrons. The quantitative estimate of drug-likeness (QED) is 0.501. The van der Waals surface area contributed by atoms with Gasteiger partial charge in [-0.15, -0.1) is 0 Å². The first-order chi connectivity index (χ1) is 7.34. The maximum atomic E-state index is 5.90. The third-order valence-corrected chi connectivity index (χ3v) is 5.18. The molecular formula is C12H16IN2-. The van der Waals surface area contributed by atoms with Gasteiger partial charge in [0.2, 0.25) is 0 Å². The van der Waals surface area contributed by atoms with Crippen molar-refractivity contribution in [2.75, 3.05) is 13.1 Å². The molecule has 1 heterocycles. The molecule has 0 saturated carbocycles. The van der Waals surface area contributed by atoms with Gasteiger partial charge in [0.15, 0.2) is 0 Å². The zero-order valence-corrected chi connectivity index (χ0v) is 10.8. The normalized spacial score (nSPS) is 36.6. The van der Waals surface area contributed by atoms with E-state index in [4.69, 9.17) is 5.73 Å². The van der Waals surface area contributed by atoms with Crippen molar-refractivity contribution in [2.45, 2.75) is 12.5 Å². The molecular weight excluding hydrogens is 299 g/mol. The fraction of sp³-hybridized carbons (Fsp3) is 0.333. The standard InChI is InChI=1S/C12H16IN2/c14-12-8-9-15(10-12)13-11-6-4-2-1-3-5-7-11/h1-7,12H,8-10,14H2/q-1/b2-1-,3-1?,4-2?,5-3-,6-4-,7-5?,11-6?,11-7+. The number of rotatable bonds is 2. The minimum atomic E-state index is -0.0143. The van der Waals surface area contributed by atoms with Gasteiger partial charge in [-0.25, -0.2) is 0 Å². The first-order valence-corrected chi connectivity index (χ1v) is 7.26. The number of allylic oxidation sites excluding steroid dienone is 8.